The highest BCUT2D eigenvalue weighted by Gasteiger charge is 2.24. The fraction of sp³-hybridized carbons (Fsp3) is 0.414. The Labute approximate surface area is 226 Å². The summed E-state index contributed by atoms with van der Waals surface area (Å²) in [4.78, 5) is 17.4. The minimum absolute atomic E-state index is 0.0404. The lowest BCUT2D eigenvalue weighted by atomic mass is 10.0. The van der Waals surface area contributed by atoms with Gasteiger partial charge in [-0.15, -0.1) is 0 Å². The standard InChI is InChI=1S/C29H34F3N7/c1-6-37-9-11-38(12-10-37)18(4)22-8-7-21(15-23(22)30)35-29-33-16-25(32)27(36-29)20-13-24(31)28-26(14-20)39(17(2)3)19(5)34-28/h7-8,13-18H,6,9-12H2,1-5H3,(H,33,35,36). The van der Waals surface area contributed by atoms with Gasteiger partial charge in [0.1, 0.15) is 22.9 Å². The van der Waals surface area contributed by atoms with Crippen LogP contribution in [0.3, 0.4) is 0 Å². The average molecular weight is 538 g/mol. The van der Waals surface area contributed by atoms with Gasteiger partial charge >= 0.3 is 0 Å². The van der Waals surface area contributed by atoms with Gasteiger partial charge in [-0.05, 0) is 58.5 Å². The number of aryl methyl sites for hydroxylation is 1. The second-order valence-corrected chi connectivity index (χ2v) is 10.3. The smallest absolute Gasteiger partial charge is 0.227 e. The highest BCUT2D eigenvalue weighted by molar-refractivity contribution is 5.83. The number of halogens is 3. The highest BCUT2D eigenvalue weighted by atomic mass is 19.1. The fourth-order valence-electron chi connectivity index (χ4n) is 5.42. The van der Waals surface area contributed by atoms with E-state index in [4.69, 9.17) is 0 Å². The molecule has 4 aromatic rings. The van der Waals surface area contributed by atoms with E-state index in [1.807, 2.05) is 32.3 Å². The molecule has 1 unspecified atom stereocenters. The zero-order valence-electron chi connectivity index (χ0n) is 23.0. The third kappa shape index (κ3) is 5.35. The first-order valence-electron chi connectivity index (χ1n) is 13.4. The molecule has 0 amide bonds. The molecular weight excluding hydrogens is 503 g/mol. The first kappa shape index (κ1) is 27.1. The van der Waals surface area contributed by atoms with Crippen LogP contribution in [0, 0.1) is 24.4 Å². The van der Waals surface area contributed by atoms with Gasteiger partial charge in [0, 0.05) is 55.1 Å². The molecular formula is C29H34F3N7. The molecule has 1 atom stereocenters. The lowest BCUT2D eigenvalue weighted by Gasteiger charge is -2.37. The maximum Gasteiger partial charge on any atom is 0.227 e. The van der Waals surface area contributed by atoms with Gasteiger partial charge in [0.25, 0.3) is 0 Å². The molecule has 1 N–H and O–H groups in total. The fourth-order valence-corrected chi connectivity index (χ4v) is 5.42. The normalized spacial score (nSPS) is 15.8. The number of aromatic nitrogens is 4. The van der Waals surface area contributed by atoms with Crippen LogP contribution in [0.15, 0.2) is 36.5 Å². The lowest BCUT2D eigenvalue weighted by Crippen LogP contribution is -2.46. The number of piperazine rings is 1. The molecule has 1 fully saturated rings. The Hall–Kier alpha value is -3.50. The van der Waals surface area contributed by atoms with Crippen molar-refractivity contribution in [1.82, 2.24) is 29.3 Å². The monoisotopic (exact) mass is 537 g/mol. The maximum atomic E-state index is 15.2. The topological polar surface area (TPSA) is 62.1 Å². The third-order valence-corrected chi connectivity index (χ3v) is 7.57. The number of imidazole rings is 1. The van der Waals surface area contributed by atoms with Crippen LogP contribution in [0.25, 0.3) is 22.3 Å². The number of anilines is 2. The first-order chi connectivity index (χ1) is 18.7. The van der Waals surface area contributed by atoms with E-state index in [1.54, 1.807) is 18.2 Å². The number of nitrogens with one attached hydrogen (secondary N) is 1. The first-order valence-corrected chi connectivity index (χ1v) is 13.4. The van der Waals surface area contributed by atoms with Crippen molar-refractivity contribution in [2.45, 2.75) is 46.7 Å². The maximum absolute atomic E-state index is 15.2. The molecule has 2 aromatic heterocycles. The molecule has 1 saturated heterocycles. The van der Waals surface area contributed by atoms with Crippen molar-refractivity contribution in [1.29, 1.82) is 0 Å². The molecule has 0 spiro atoms. The van der Waals surface area contributed by atoms with Crippen LogP contribution in [-0.2, 0) is 0 Å². The molecule has 7 nitrogen and oxygen atoms in total. The molecule has 2 aromatic carbocycles. The van der Waals surface area contributed by atoms with Crippen molar-refractivity contribution in [3.63, 3.8) is 0 Å². The summed E-state index contributed by atoms with van der Waals surface area (Å²) in [6.45, 7) is 14.7. The third-order valence-electron chi connectivity index (χ3n) is 7.57. The number of hydrogen-bond acceptors (Lipinski definition) is 6. The van der Waals surface area contributed by atoms with Gasteiger partial charge in [-0.2, -0.15) is 0 Å². The van der Waals surface area contributed by atoms with Crippen molar-refractivity contribution in [3.8, 4) is 11.3 Å². The Morgan fingerprint density at radius 2 is 1.67 bits per heavy atom. The second-order valence-electron chi connectivity index (χ2n) is 10.3. The van der Waals surface area contributed by atoms with Gasteiger partial charge in [-0.3, -0.25) is 4.90 Å². The van der Waals surface area contributed by atoms with Crippen LogP contribution in [0.5, 0.6) is 0 Å². The minimum atomic E-state index is -0.690. The van der Waals surface area contributed by atoms with Crippen LogP contribution >= 0.6 is 0 Å². The predicted octanol–water partition coefficient (Wildman–Crippen LogP) is 6.24. The summed E-state index contributed by atoms with van der Waals surface area (Å²) in [5.74, 6) is -0.830. The molecule has 206 valence electrons. The van der Waals surface area contributed by atoms with Crippen molar-refractivity contribution < 1.29 is 13.2 Å². The van der Waals surface area contributed by atoms with Crippen LogP contribution in [0.2, 0.25) is 0 Å². The van der Waals surface area contributed by atoms with Gasteiger partial charge in [0.2, 0.25) is 5.95 Å². The molecule has 1 aliphatic rings. The Morgan fingerprint density at radius 3 is 2.33 bits per heavy atom. The Balaban J connectivity index is 1.40. The lowest BCUT2D eigenvalue weighted by molar-refractivity contribution is 0.105. The summed E-state index contributed by atoms with van der Waals surface area (Å²) < 4.78 is 46.9. The van der Waals surface area contributed by atoms with E-state index in [9.17, 15) is 8.78 Å². The minimum Gasteiger partial charge on any atom is -0.326 e. The molecule has 0 saturated carbocycles. The van der Waals surface area contributed by atoms with E-state index in [0.29, 0.717) is 22.6 Å². The molecule has 3 heterocycles. The Morgan fingerprint density at radius 1 is 0.923 bits per heavy atom. The largest absolute Gasteiger partial charge is 0.326 e. The zero-order chi connectivity index (χ0) is 27.8. The number of likely N-dealkylation sites (N-methyl/N-ethyl adjacent to an activating group) is 1. The van der Waals surface area contributed by atoms with E-state index >= 15 is 4.39 Å². The summed E-state index contributed by atoms with van der Waals surface area (Å²) in [5.41, 5.74) is 2.06. The summed E-state index contributed by atoms with van der Waals surface area (Å²) in [5, 5.41) is 2.97. The summed E-state index contributed by atoms with van der Waals surface area (Å²) in [7, 11) is 0. The zero-order valence-corrected chi connectivity index (χ0v) is 23.0. The molecule has 10 heteroatoms. The van der Waals surface area contributed by atoms with Crippen LogP contribution < -0.4 is 5.32 Å². The van der Waals surface area contributed by atoms with E-state index in [-0.39, 0.29) is 40.6 Å². The SMILES string of the molecule is CCN1CCN(C(C)c2ccc(Nc3ncc(F)c(-c4cc(F)c5nc(C)n(C(C)C)c5c4)n3)cc2F)CC1. The van der Waals surface area contributed by atoms with Gasteiger partial charge < -0.3 is 14.8 Å². The van der Waals surface area contributed by atoms with E-state index in [0.717, 1.165) is 38.9 Å². The number of benzene rings is 2. The van der Waals surface area contributed by atoms with Crippen LogP contribution in [0.4, 0.5) is 24.8 Å². The van der Waals surface area contributed by atoms with Gasteiger partial charge in [0.05, 0.1) is 11.7 Å². The van der Waals surface area contributed by atoms with E-state index in [1.165, 1.54) is 12.1 Å². The molecule has 0 aliphatic carbocycles. The molecule has 1 aliphatic heterocycles. The average Bonchev–Trinajstić information content (AvgIpc) is 3.26. The summed E-state index contributed by atoms with van der Waals surface area (Å²) in [6, 6.07) is 7.82. The predicted molar refractivity (Wildman–Crippen MR) is 148 cm³/mol. The van der Waals surface area contributed by atoms with E-state index in [2.05, 4.69) is 37.0 Å². The van der Waals surface area contributed by atoms with Crippen molar-refractivity contribution in [3.05, 3.63) is 65.4 Å². The van der Waals surface area contributed by atoms with E-state index < -0.39 is 11.6 Å². The molecule has 0 bridgehead atoms. The number of fused-ring (bicyclic) bond motifs is 1. The molecule has 0 radical (unpaired) electrons. The summed E-state index contributed by atoms with van der Waals surface area (Å²) in [6.07, 6.45) is 1.03. The number of rotatable bonds is 7. The van der Waals surface area contributed by atoms with Crippen molar-refractivity contribution in [2.24, 2.45) is 0 Å². The van der Waals surface area contributed by atoms with Crippen molar-refractivity contribution in [2.75, 3.05) is 38.0 Å². The Kier molecular flexibility index (Phi) is 7.59. The highest BCUT2D eigenvalue weighted by Crippen LogP contribution is 2.31. The van der Waals surface area contributed by atoms with Gasteiger partial charge in [0.15, 0.2) is 11.6 Å². The molecule has 39 heavy (non-hydrogen) atoms. The van der Waals surface area contributed by atoms with Crippen LogP contribution in [0.1, 0.15) is 51.2 Å². The quantitative estimate of drug-likeness (QED) is 0.301. The Bertz CT molecular complexity index is 1490. The van der Waals surface area contributed by atoms with Gasteiger partial charge in [-0.1, -0.05) is 13.0 Å². The summed E-state index contributed by atoms with van der Waals surface area (Å²) >= 11 is 0. The van der Waals surface area contributed by atoms with Crippen molar-refractivity contribution >= 4 is 22.7 Å². The van der Waals surface area contributed by atoms with Gasteiger partial charge in [-0.25, -0.2) is 28.1 Å². The van der Waals surface area contributed by atoms with Crippen LogP contribution in [-0.4, -0.2) is 62.0 Å². The second kappa shape index (κ2) is 10.9. The number of nitrogens with zero attached hydrogens (tertiary/aromatic N) is 6. The molecule has 5 rings (SSSR count). The number of hydrogen-bond donors (Lipinski definition) is 1.